The number of carbonyl (C=O) groups excluding carboxylic acids is 3. The molecule has 162 valence electrons. The smallest absolute Gasteiger partial charge is 0.241 e. The summed E-state index contributed by atoms with van der Waals surface area (Å²) in [7, 11) is 0. The molecule has 0 radical (unpaired) electrons. The van der Waals surface area contributed by atoms with Crippen LogP contribution in [0.5, 0.6) is 0 Å². The number of imide groups is 1. The number of amides is 3. The third-order valence-electron chi connectivity index (χ3n) is 6.66. The first kappa shape index (κ1) is 21.3. The van der Waals surface area contributed by atoms with Gasteiger partial charge in [-0.05, 0) is 36.5 Å². The fourth-order valence-corrected chi connectivity index (χ4v) is 4.97. The molecule has 0 spiro atoms. The normalized spacial score (nSPS) is 22.0. The van der Waals surface area contributed by atoms with Crippen LogP contribution in [0, 0.1) is 6.92 Å². The molecule has 2 aromatic carbocycles. The summed E-state index contributed by atoms with van der Waals surface area (Å²) in [6.45, 7) is 3.66. The van der Waals surface area contributed by atoms with E-state index in [2.05, 4.69) is 0 Å². The van der Waals surface area contributed by atoms with Crippen molar-refractivity contribution in [2.75, 3.05) is 13.1 Å². The summed E-state index contributed by atoms with van der Waals surface area (Å²) >= 11 is 0. The molecule has 2 saturated heterocycles. The number of likely N-dealkylation sites (tertiary alicyclic amines) is 2. The molecule has 2 heterocycles. The third-order valence-corrected chi connectivity index (χ3v) is 6.66. The van der Waals surface area contributed by atoms with E-state index in [4.69, 9.17) is 0 Å². The molecule has 1 atom stereocenters. The van der Waals surface area contributed by atoms with Crippen LogP contribution in [0.1, 0.15) is 55.2 Å². The van der Waals surface area contributed by atoms with E-state index in [-0.39, 0.29) is 37.1 Å². The zero-order valence-electron chi connectivity index (χ0n) is 18.2. The molecule has 0 aromatic heterocycles. The quantitative estimate of drug-likeness (QED) is 0.690. The highest BCUT2D eigenvalue weighted by Crippen LogP contribution is 2.42. The number of hydrogen-bond acceptors (Lipinski definition) is 3. The second-order valence-corrected chi connectivity index (χ2v) is 8.82. The number of hydrogen-bond donors (Lipinski definition) is 0. The highest BCUT2D eigenvalue weighted by molar-refractivity contribution is 6.10. The summed E-state index contributed by atoms with van der Waals surface area (Å²) in [5.74, 6) is -0.479. The van der Waals surface area contributed by atoms with Gasteiger partial charge in [0.2, 0.25) is 17.7 Å². The molecule has 0 bridgehead atoms. The zero-order valence-corrected chi connectivity index (χ0v) is 18.2. The molecule has 2 fully saturated rings. The van der Waals surface area contributed by atoms with Gasteiger partial charge in [0, 0.05) is 25.9 Å². The minimum atomic E-state index is -1.12. The van der Waals surface area contributed by atoms with E-state index < -0.39 is 5.41 Å². The molecule has 2 aliphatic heterocycles. The van der Waals surface area contributed by atoms with Crippen molar-refractivity contribution in [2.45, 2.75) is 57.4 Å². The van der Waals surface area contributed by atoms with Crippen molar-refractivity contribution < 1.29 is 14.4 Å². The molecule has 5 nitrogen and oxygen atoms in total. The Morgan fingerprint density at radius 2 is 1.55 bits per heavy atom. The van der Waals surface area contributed by atoms with Crippen LogP contribution in [-0.2, 0) is 26.3 Å². The summed E-state index contributed by atoms with van der Waals surface area (Å²) in [5, 5.41) is 0. The second kappa shape index (κ2) is 9.04. The Morgan fingerprint density at radius 1 is 0.903 bits per heavy atom. The molecule has 5 heteroatoms. The van der Waals surface area contributed by atoms with Gasteiger partial charge >= 0.3 is 0 Å². The molecule has 2 aromatic rings. The van der Waals surface area contributed by atoms with Crippen molar-refractivity contribution in [1.29, 1.82) is 0 Å². The number of rotatable bonds is 5. The van der Waals surface area contributed by atoms with Gasteiger partial charge in [-0.1, -0.05) is 67.4 Å². The van der Waals surface area contributed by atoms with Crippen molar-refractivity contribution in [3.05, 3.63) is 71.3 Å². The van der Waals surface area contributed by atoms with E-state index in [0.717, 1.165) is 55.5 Å². The van der Waals surface area contributed by atoms with Crippen molar-refractivity contribution in [3.8, 4) is 0 Å². The summed E-state index contributed by atoms with van der Waals surface area (Å²) in [4.78, 5) is 43.5. The van der Waals surface area contributed by atoms with Gasteiger partial charge in [0.15, 0.2) is 0 Å². The number of carbonyl (C=O) groups is 3. The van der Waals surface area contributed by atoms with Gasteiger partial charge in [0.1, 0.15) is 0 Å². The lowest BCUT2D eigenvalue weighted by atomic mass is 9.74. The van der Waals surface area contributed by atoms with Gasteiger partial charge in [-0.2, -0.15) is 0 Å². The van der Waals surface area contributed by atoms with Crippen molar-refractivity contribution in [3.63, 3.8) is 0 Å². The highest BCUT2D eigenvalue weighted by atomic mass is 16.2. The Morgan fingerprint density at radius 3 is 2.23 bits per heavy atom. The molecular formula is C26H30N2O3. The lowest BCUT2D eigenvalue weighted by molar-refractivity contribution is -0.143. The minimum absolute atomic E-state index is 0.0205. The van der Waals surface area contributed by atoms with E-state index in [0.29, 0.717) is 0 Å². The van der Waals surface area contributed by atoms with Gasteiger partial charge in [0.05, 0.1) is 12.0 Å². The molecule has 4 rings (SSSR count). The summed E-state index contributed by atoms with van der Waals surface area (Å²) in [6, 6.07) is 17.2. The lowest BCUT2D eigenvalue weighted by Gasteiger charge is -2.31. The second-order valence-electron chi connectivity index (χ2n) is 8.82. The molecular weight excluding hydrogens is 388 g/mol. The summed E-state index contributed by atoms with van der Waals surface area (Å²) in [5.41, 5.74) is 1.52. The van der Waals surface area contributed by atoms with Gasteiger partial charge in [-0.25, -0.2) is 0 Å². The van der Waals surface area contributed by atoms with Crippen LogP contribution in [0.4, 0.5) is 0 Å². The fraction of sp³-hybridized carbons (Fsp3) is 0.423. The van der Waals surface area contributed by atoms with Crippen LogP contribution < -0.4 is 0 Å². The molecule has 0 aliphatic carbocycles. The van der Waals surface area contributed by atoms with Crippen LogP contribution >= 0.6 is 0 Å². The monoisotopic (exact) mass is 418 g/mol. The first-order chi connectivity index (χ1) is 15.0. The SMILES string of the molecule is Cc1ccccc1C1(CC(=O)N2CCCCCC2)CC(=O)N(Cc2ccccc2)C1=O. The topological polar surface area (TPSA) is 57.7 Å². The van der Waals surface area contributed by atoms with Crippen LogP contribution in [0.2, 0.25) is 0 Å². The molecule has 0 N–H and O–H groups in total. The Kier molecular flexibility index (Phi) is 6.21. The Balaban J connectivity index is 1.68. The van der Waals surface area contributed by atoms with Crippen LogP contribution in [0.15, 0.2) is 54.6 Å². The molecule has 0 saturated carbocycles. The first-order valence-electron chi connectivity index (χ1n) is 11.2. The highest BCUT2D eigenvalue weighted by Gasteiger charge is 2.54. The lowest BCUT2D eigenvalue weighted by Crippen LogP contribution is -2.44. The standard InChI is InChI=1S/C26H30N2O3/c1-20-11-7-8-14-22(20)26(17-23(29)27-15-9-2-3-10-16-27)18-24(30)28(25(26)31)19-21-12-5-4-6-13-21/h4-8,11-14H,2-3,9-10,15-19H2,1H3. The van der Waals surface area contributed by atoms with Crippen LogP contribution in [0.25, 0.3) is 0 Å². The van der Waals surface area contributed by atoms with E-state index in [1.54, 1.807) is 0 Å². The third kappa shape index (κ3) is 4.27. The first-order valence-corrected chi connectivity index (χ1v) is 11.2. The van der Waals surface area contributed by atoms with Crippen molar-refractivity contribution in [2.24, 2.45) is 0 Å². The molecule has 3 amide bonds. The maximum absolute atomic E-state index is 13.8. The molecule has 31 heavy (non-hydrogen) atoms. The largest absolute Gasteiger partial charge is 0.343 e. The van der Waals surface area contributed by atoms with Crippen molar-refractivity contribution >= 4 is 17.7 Å². The molecule has 2 aliphatic rings. The van der Waals surface area contributed by atoms with Crippen molar-refractivity contribution in [1.82, 2.24) is 9.80 Å². The van der Waals surface area contributed by atoms with E-state index >= 15 is 0 Å². The Labute approximate surface area is 184 Å². The average molecular weight is 419 g/mol. The summed E-state index contributed by atoms with van der Waals surface area (Å²) in [6.07, 6.45) is 4.35. The maximum atomic E-state index is 13.8. The van der Waals surface area contributed by atoms with E-state index in [1.165, 1.54) is 4.90 Å². The van der Waals surface area contributed by atoms with E-state index in [1.807, 2.05) is 66.4 Å². The van der Waals surface area contributed by atoms with Gasteiger partial charge < -0.3 is 4.90 Å². The zero-order chi connectivity index (χ0) is 21.8. The Hall–Kier alpha value is -2.95. The predicted octanol–water partition coefficient (Wildman–Crippen LogP) is 3.98. The fourth-order valence-electron chi connectivity index (χ4n) is 4.97. The summed E-state index contributed by atoms with van der Waals surface area (Å²) < 4.78 is 0. The number of nitrogens with zero attached hydrogens (tertiary/aromatic N) is 2. The Bertz CT molecular complexity index is 964. The maximum Gasteiger partial charge on any atom is 0.241 e. The van der Waals surface area contributed by atoms with E-state index in [9.17, 15) is 14.4 Å². The van der Waals surface area contributed by atoms with Gasteiger partial charge in [0.25, 0.3) is 0 Å². The molecule has 1 unspecified atom stereocenters. The van der Waals surface area contributed by atoms with Crippen LogP contribution in [0.3, 0.4) is 0 Å². The van der Waals surface area contributed by atoms with Gasteiger partial charge in [-0.15, -0.1) is 0 Å². The minimum Gasteiger partial charge on any atom is -0.343 e. The van der Waals surface area contributed by atoms with Gasteiger partial charge in [-0.3, -0.25) is 19.3 Å². The number of aryl methyl sites for hydroxylation is 1. The predicted molar refractivity (Wildman–Crippen MR) is 119 cm³/mol. The average Bonchev–Trinajstić information content (AvgIpc) is 2.97. The van der Waals surface area contributed by atoms with Crippen LogP contribution in [-0.4, -0.2) is 40.6 Å². The number of benzene rings is 2.